The predicted molar refractivity (Wildman–Crippen MR) is 143 cm³/mol. The topological polar surface area (TPSA) is 33.5 Å². The second-order valence-electron chi connectivity index (χ2n) is 8.10. The van der Waals surface area contributed by atoms with E-state index in [4.69, 9.17) is 28.6 Å². The first-order valence-corrected chi connectivity index (χ1v) is 13.2. The summed E-state index contributed by atoms with van der Waals surface area (Å²) in [5.74, 6) is 0.891. The summed E-state index contributed by atoms with van der Waals surface area (Å²) < 4.78 is 9.47. The molecule has 8 heteroatoms. The number of nitrogens with zero attached hydrogens (tertiary/aromatic N) is 4. The Morgan fingerprint density at radius 1 is 1.09 bits per heavy atom. The van der Waals surface area contributed by atoms with Crippen molar-refractivity contribution in [2.24, 2.45) is 0 Å². The predicted octanol–water partition coefficient (Wildman–Crippen LogP) is 5.39. The molecule has 1 aliphatic heterocycles. The lowest BCUT2D eigenvalue weighted by Crippen LogP contribution is -2.47. The Labute approximate surface area is 210 Å². The summed E-state index contributed by atoms with van der Waals surface area (Å²) >= 11 is 13.1. The van der Waals surface area contributed by atoms with E-state index in [1.807, 2.05) is 30.9 Å². The summed E-state index contributed by atoms with van der Waals surface area (Å²) in [5.41, 5.74) is 2.48. The fraction of sp³-hybridized carbons (Fsp3) is 0.360. The molecule has 0 aliphatic carbocycles. The SMILES string of the molecule is CSC(=S)N1CCN(c2ccc(OC(CCc3ccc(Cl)cc3)Cn3ccnc3)cc2)CC1. The first kappa shape index (κ1) is 23.9. The highest BCUT2D eigenvalue weighted by molar-refractivity contribution is 8.22. The van der Waals surface area contributed by atoms with E-state index in [0.29, 0.717) is 0 Å². The van der Waals surface area contributed by atoms with Crippen LogP contribution in [0.4, 0.5) is 5.69 Å². The van der Waals surface area contributed by atoms with E-state index < -0.39 is 0 Å². The van der Waals surface area contributed by atoms with Crippen molar-refractivity contribution in [1.29, 1.82) is 0 Å². The van der Waals surface area contributed by atoms with Crippen LogP contribution in [0.3, 0.4) is 0 Å². The average Bonchev–Trinajstić information content (AvgIpc) is 3.37. The molecule has 1 saturated heterocycles. The number of anilines is 1. The van der Waals surface area contributed by atoms with Gasteiger partial charge in [0, 0.05) is 49.3 Å². The number of hydrogen-bond acceptors (Lipinski definition) is 5. The number of ether oxygens (including phenoxy) is 1. The molecular formula is C25H29ClN4OS2. The molecule has 0 radical (unpaired) electrons. The molecule has 3 aromatic rings. The van der Waals surface area contributed by atoms with Crippen LogP contribution in [0.5, 0.6) is 5.75 Å². The Balaban J connectivity index is 1.36. The van der Waals surface area contributed by atoms with Gasteiger partial charge in [0.15, 0.2) is 0 Å². The highest BCUT2D eigenvalue weighted by atomic mass is 35.5. The number of hydrogen-bond donors (Lipinski definition) is 0. The van der Waals surface area contributed by atoms with Crippen molar-refractivity contribution < 1.29 is 4.74 Å². The monoisotopic (exact) mass is 500 g/mol. The maximum Gasteiger partial charge on any atom is 0.136 e. The zero-order chi connectivity index (χ0) is 23.0. The van der Waals surface area contributed by atoms with Gasteiger partial charge >= 0.3 is 0 Å². The van der Waals surface area contributed by atoms with Crippen LogP contribution in [0.2, 0.25) is 5.02 Å². The molecule has 0 bridgehead atoms. The zero-order valence-corrected chi connectivity index (χ0v) is 21.2. The summed E-state index contributed by atoms with van der Waals surface area (Å²) in [6.07, 6.45) is 9.53. The van der Waals surface area contributed by atoms with E-state index in [2.05, 4.69) is 55.7 Å². The normalized spacial score (nSPS) is 14.8. The van der Waals surface area contributed by atoms with Crippen molar-refractivity contribution in [1.82, 2.24) is 14.5 Å². The number of aryl methyl sites for hydroxylation is 1. The maximum absolute atomic E-state index is 6.42. The molecule has 0 N–H and O–H groups in total. The van der Waals surface area contributed by atoms with Gasteiger partial charge in [0.05, 0.1) is 12.9 Å². The lowest BCUT2D eigenvalue weighted by Gasteiger charge is -2.37. The average molecular weight is 501 g/mol. The summed E-state index contributed by atoms with van der Waals surface area (Å²) in [4.78, 5) is 8.87. The van der Waals surface area contributed by atoms with Crippen LogP contribution in [0.25, 0.3) is 0 Å². The summed E-state index contributed by atoms with van der Waals surface area (Å²) in [6.45, 7) is 4.65. The minimum Gasteiger partial charge on any atom is -0.489 e. The van der Waals surface area contributed by atoms with Crippen LogP contribution in [-0.4, -0.2) is 57.3 Å². The molecule has 1 atom stereocenters. The molecule has 174 valence electrons. The molecule has 2 aromatic carbocycles. The van der Waals surface area contributed by atoms with E-state index >= 15 is 0 Å². The number of imidazole rings is 1. The van der Waals surface area contributed by atoms with Crippen LogP contribution in [0.1, 0.15) is 12.0 Å². The number of benzene rings is 2. The molecule has 0 amide bonds. The second kappa shape index (κ2) is 11.8. The number of thioether (sulfide) groups is 1. The smallest absolute Gasteiger partial charge is 0.136 e. The third-order valence-corrected chi connectivity index (χ3v) is 7.48. The van der Waals surface area contributed by atoms with E-state index in [1.165, 1.54) is 11.3 Å². The second-order valence-corrected chi connectivity index (χ2v) is 9.98. The van der Waals surface area contributed by atoms with Gasteiger partial charge in [-0.2, -0.15) is 0 Å². The molecule has 1 aromatic heterocycles. The van der Waals surface area contributed by atoms with Crippen LogP contribution in [-0.2, 0) is 13.0 Å². The maximum atomic E-state index is 6.42. The number of rotatable bonds is 8. The zero-order valence-electron chi connectivity index (χ0n) is 18.8. The minimum atomic E-state index is 0.0387. The molecule has 0 spiro atoms. The fourth-order valence-corrected chi connectivity index (χ4v) is 4.75. The fourth-order valence-electron chi connectivity index (χ4n) is 4.00. The van der Waals surface area contributed by atoms with Crippen LogP contribution in [0, 0.1) is 0 Å². The Hall–Kier alpha value is -2.22. The highest BCUT2D eigenvalue weighted by Crippen LogP contribution is 2.23. The van der Waals surface area contributed by atoms with Gasteiger partial charge < -0.3 is 19.1 Å². The van der Waals surface area contributed by atoms with Crippen LogP contribution in [0.15, 0.2) is 67.3 Å². The molecule has 1 fully saturated rings. The lowest BCUT2D eigenvalue weighted by atomic mass is 10.1. The van der Waals surface area contributed by atoms with Crippen molar-refractivity contribution in [3.05, 3.63) is 77.8 Å². The van der Waals surface area contributed by atoms with Gasteiger partial charge in [-0.15, -0.1) is 11.8 Å². The summed E-state index contributed by atoms with van der Waals surface area (Å²) in [5, 5.41) is 0.762. The first-order valence-electron chi connectivity index (χ1n) is 11.2. The molecule has 1 unspecified atom stereocenters. The molecule has 33 heavy (non-hydrogen) atoms. The third kappa shape index (κ3) is 6.88. The number of thiocarbonyl (C=S) groups is 1. The summed E-state index contributed by atoms with van der Waals surface area (Å²) in [7, 11) is 0. The molecule has 5 nitrogen and oxygen atoms in total. The quantitative estimate of drug-likeness (QED) is 0.386. The molecule has 0 saturated carbocycles. The minimum absolute atomic E-state index is 0.0387. The largest absolute Gasteiger partial charge is 0.489 e. The van der Waals surface area contributed by atoms with Gasteiger partial charge in [0.25, 0.3) is 0 Å². The first-order chi connectivity index (χ1) is 16.1. The van der Waals surface area contributed by atoms with E-state index in [-0.39, 0.29) is 6.10 Å². The van der Waals surface area contributed by atoms with Gasteiger partial charge in [0.1, 0.15) is 16.2 Å². The number of piperazine rings is 1. The Kier molecular flexibility index (Phi) is 8.53. The Bertz CT molecular complexity index is 1000. The third-order valence-electron chi connectivity index (χ3n) is 5.86. The van der Waals surface area contributed by atoms with Crippen LogP contribution < -0.4 is 9.64 Å². The van der Waals surface area contributed by atoms with E-state index in [9.17, 15) is 0 Å². The summed E-state index contributed by atoms with van der Waals surface area (Å²) in [6, 6.07) is 16.5. The van der Waals surface area contributed by atoms with Crippen molar-refractivity contribution >= 4 is 45.6 Å². The standard InChI is InChI=1S/C25H29ClN4OS2/c1-33-25(32)30-16-14-29(15-17-30)22-7-10-23(11-8-22)31-24(18-28-13-12-27-19-28)9-4-20-2-5-21(26)6-3-20/h2-3,5-8,10-13,19,24H,4,9,14-18H2,1H3. The Morgan fingerprint density at radius 2 is 1.82 bits per heavy atom. The number of aromatic nitrogens is 2. The highest BCUT2D eigenvalue weighted by Gasteiger charge is 2.19. The molecular weight excluding hydrogens is 472 g/mol. The van der Waals surface area contributed by atoms with Gasteiger partial charge in [0.2, 0.25) is 0 Å². The van der Waals surface area contributed by atoms with E-state index in [1.54, 1.807) is 18.0 Å². The van der Waals surface area contributed by atoms with Crippen molar-refractivity contribution in [3.8, 4) is 5.75 Å². The molecule has 4 rings (SSSR count). The van der Waals surface area contributed by atoms with Gasteiger partial charge in [-0.05, 0) is 61.1 Å². The lowest BCUT2D eigenvalue weighted by molar-refractivity contribution is 0.170. The number of halogens is 1. The van der Waals surface area contributed by atoms with Gasteiger partial charge in [-0.3, -0.25) is 0 Å². The van der Waals surface area contributed by atoms with E-state index in [0.717, 1.165) is 60.7 Å². The van der Waals surface area contributed by atoms with Crippen molar-refractivity contribution in [2.75, 3.05) is 37.3 Å². The van der Waals surface area contributed by atoms with Gasteiger partial charge in [-0.25, -0.2) is 4.98 Å². The van der Waals surface area contributed by atoms with Crippen LogP contribution >= 0.6 is 35.6 Å². The molecule has 1 aliphatic rings. The van der Waals surface area contributed by atoms with Crippen molar-refractivity contribution in [2.45, 2.75) is 25.5 Å². The van der Waals surface area contributed by atoms with Gasteiger partial charge in [-0.1, -0.05) is 36.0 Å². The van der Waals surface area contributed by atoms with Crippen molar-refractivity contribution in [3.63, 3.8) is 0 Å². The molecule has 2 heterocycles. The Morgan fingerprint density at radius 3 is 2.45 bits per heavy atom.